The third kappa shape index (κ3) is 4.30. The molecule has 2 aromatic heterocycles. The van der Waals surface area contributed by atoms with Crippen LogP contribution in [0.4, 0.5) is 20.7 Å². The molecule has 1 fully saturated rings. The molecule has 11 heteroatoms. The third-order valence-electron chi connectivity index (χ3n) is 5.17. The molecule has 1 saturated heterocycles. The van der Waals surface area contributed by atoms with Crippen molar-refractivity contribution in [3.63, 3.8) is 0 Å². The van der Waals surface area contributed by atoms with E-state index in [2.05, 4.69) is 25.6 Å². The minimum atomic E-state index is -1.08. The van der Waals surface area contributed by atoms with E-state index < -0.39 is 11.9 Å². The van der Waals surface area contributed by atoms with Crippen LogP contribution >= 0.6 is 11.6 Å². The van der Waals surface area contributed by atoms with E-state index in [1.807, 2.05) is 12.3 Å². The van der Waals surface area contributed by atoms with Gasteiger partial charge in [-0.2, -0.15) is 5.10 Å². The summed E-state index contributed by atoms with van der Waals surface area (Å²) >= 11 is 5.88. The van der Waals surface area contributed by atoms with Crippen LogP contribution in [0.3, 0.4) is 0 Å². The van der Waals surface area contributed by atoms with Crippen LogP contribution in [0.5, 0.6) is 0 Å². The zero-order valence-electron chi connectivity index (χ0n) is 15.9. The van der Waals surface area contributed by atoms with Crippen LogP contribution in [0.2, 0.25) is 5.02 Å². The van der Waals surface area contributed by atoms with Crippen molar-refractivity contribution < 1.29 is 14.3 Å². The fourth-order valence-electron chi connectivity index (χ4n) is 3.68. The lowest BCUT2D eigenvalue weighted by atomic mass is 10.00. The van der Waals surface area contributed by atoms with E-state index in [-0.39, 0.29) is 17.1 Å². The molecule has 0 aliphatic carbocycles. The van der Waals surface area contributed by atoms with Crippen molar-refractivity contribution in [2.75, 3.05) is 18.4 Å². The number of nitrogens with one attached hydrogen (secondary N) is 2. The van der Waals surface area contributed by atoms with Crippen LogP contribution in [0.1, 0.15) is 12.0 Å². The number of carbonyl (C=O) groups is 1. The predicted molar refractivity (Wildman–Crippen MR) is 110 cm³/mol. The van der Waals surface area contributed by atoms with Gasteiger partial charge < -0.3 is 21.5 Å². The van der Waals surface area contributed by atoms with Gasteiger partial charge in [0, 0.05) is 37.6 Å². The maximum atomic E-state index is 13.5. The average Bonchev–Trinajstić information content (AvgIpc) is 3.11. The summed E-state index contributed by atoms with van der Waals surface area (Å²) in [4.78, 5) is 17.5. The molecule has 0 spiro atoms. The number of halogens is 2. The Kier molecular flexibility index (Phi) is 5.71. The molecule has 30 heavy (non-hydrogen) atoms. The Morgan fingerprint density at radius 2 is 2.23 bits per heavy atom. The SMILES string of the molecule is N[C@@H]1CCN(Cc2ccn3ncnc(Nc4ccc(F)c(Cl)c4)c23)C[C@@H]1NC(=O)O. The van der Waals surface area contributed by atoms with Crippen molar-refractivity contribution in [3.05, 3.63) is 53.2 Å². The summed E-state index contributed by atoms with van der Waals surface area (Å²) in [5, 5.41) is 19.0. The van der Waals surface area contributed by atoms with E-state index in [0.29, 0.717) is 31.0 Å². The number of carboxylic acid groups (broad SMARTS) is 1. The molecular weight excluding hydrogens is 413 g/mol. The first kappa shape index (κ1) is 20.3. The number of nitrogens with two attached hydrogens (primary N) is 1. The van der Waals surface area contributed by atoms with Gasteiger partial charge >= 0.3 is 6.09 Å². The fourth-order valence-corrected chi connectivity index (χ4v) is 3.86. The number of amides is 1. The smallest absolute Gasteiger partial charge is 0.404 e. The number of rotatable bonds is 5. The topological polar surface area (TPSA) is 121 Å². The fraction of sp³-hybridized carbons (Fsp3) is 0.316. The second-order valence-corrected chi connectivity index (χ2v) is 7.65. The van der Waals surface area contributed by atoms with E-state index in [4.69, 9.17) is 22.4 Å². The van der Waals surface area contributed by atoms with Gasteiger partial charge in [-0.1, -0.05) is 11.6 Å². The second kappa shape index (κ2) is 8.42. The van der Waals surface area contributed by atoms with E-state index in [1.165, 1.54) is 18.5 Å². The molecule has 3 heterocycles. The van der Waals surface area contributed by atoms with Crippen molar-refractivity contribution in [1.82, 2.24) is 24.8 Å². The molecule has 4 rings (SSSR count). The third-order valence-corrected chi connectivity index (χ3v) is 5.46. The molecule has 3 aromatic rings. The Bertz CT molecular complexity index is 1080. The van der Waals surface area contributed by atoms with Gasteiger partial charge in [-0.3, -0.25) is 4.90 Å². The summed E-state index contributed by atoms with van der Waals surface area (Å²) in [7, 11) is 0. The summed E-state index contributed by atoms with van der Waals surface area (Å²) < 4.78 is 15.2. The van der Waals surface area contributed by atoms with Crippen molar-refractivity contribution in [2.24, 2.45) is 5.73 Å². The van der Waals surface area contributed by atoms with Crippen LogP contribution in [0.25, 0.3) is 5.52 Å². The molecule has 158 valence electrons. The number of benzene rings is 1. The zero-order chi connectivity index (χ0) is 21.3. The van der Waals surface area contributed by atoms with Crippen molar-refractivity contribution in [1.29, 1.82) is 0 Å². The lowest BCUT2D eigenvalue weighted by Gasteiger charge is -2.36. The largest absolute Gasteiger partial charge is 0.465 e. The van der Waals surface area contributed by atoms with Gasteiger partial charge in [0.15, 0.2) is 5.82 Å². The summed E-state index contributed by atoms with van der Waals surface area (Å²) in [5.74, 6) is 0.0628. The van der Waals surface area contributed by atoms with Gasteiger partial charge in [0.1, 0.15) is 17.7 Å². The van der Waals surface area contributed by atoms with Crippen LogP contribution in [-0.4, -0.2) is 55.9 Å². The van der Waals surface area contributed by atoms with Gasteiger partial charge in [0.05, 0.1) is 11.1 Å². The number of likely N-dealkylation sites (tertiary alicyclic amines) is 1. The Labute approximate surface area is 176 Å². The highest BCUT2D eigenvalue weighted by Crippen LogP contribution is 2.27. The van der Waals surface area contributed by atoms with E-state index in [9.17, 15) is 9.18 Å². The van der Waals surface area contributed by atoms with E-state index in [0.717, 1.165) is 17.6 Å². The minimum Gasteiger partial charge on any atom is -0.465 e. The molecule has 0 radical (unpaired) electrons. The predicted octanol–water partition coefficient (Wildman–Crippen LogP) is 2.43. The van der Waals surface area contributed by atoms with Crippen molar-refractivity contribution in [2.45, 2.75) is 25.0 Å². The first-order valence-corrected chi connectivity index (χ1v) is 9.79. The van der Waals surface area contributed by atoms with Crippen LogP contribution in [-0.2, 0) is 6.54 Å². The molecule has 1 aliphatic rings. The summed E-state index contributed by atoms with van der Waals surface area (Å²) in [6.45, 7) is 1.84. The Hall–Kier alpha value is -2.95. The maximum Gasteiger partial charge on any atom is 0.404 e. The Morgan fingerprint density at radius 1 is 1.40 bits per heavy atom. The molecule has 0 saturated carbocycles. The highest BCUT2D eigenvalue weighted by Gasteiger charge is 2.28. The highest BCUT2D eigenvalue weighted by atomic mass is 35.5. The van der Waals surface area contributed by atoms with Crippen molar-refractivity contribution >= 4 is 34.7 Å². The summed E-state index contributed by atoms with van der Waals surface area (Å²) in [6, 6.07) is 5.76. The summed E-state index contributed by atoms with van der Waals surface area (Å²) in [5.41, 5.74) is 8.40. The van der Waals surface area contributed by atoms with Gasteiger partial charge in [-0.05, 0) is 36.2 Å². The number of fused-ring (bicyclic) bond motifs is 1. The number of piperidine rings is 1. The second-order valence-electron chi connectivity index (χ2n) is 7.24. The number of hydrogen-bond donors (Lipinski definition) is 4. The number of nitrogens with zero attached hydrogens (tertiary/aromatic N) is 4. The zero-order valence-corrected chi connectivity index (χ0v) is 16.7. The molecule has 5 N–H and O–H groups in total. The highest BCUT2D eigenvalue weighted by molar-refractivity contribution is 6.31. The Balaban J connectivity index is 1.58. The normalized spacial score (nSPS) is 19.7. The van der Waals surface area contributed by atoms with Gasteiger partial charge in [-0.25, -0.2) is 18.7 Å². The molecule has 1 amide bonds. The molecular formula is C19H21ClFN7O2. The molecule has 0 bridgehead atoms. The van der Waals surface area contributed by atoms with Crippen molar-refractivity contribution in [3.8, 4) is 0 Å². The Morgan fingerprint density at radius 3 is 3.00 bits per heavy atom. The van der Waals surface area contributed by atoms with Crippen LogP contribution in [0.15, 0.2) is 36.8 Å². The van der Waals surface area contributed by atoms with E-state index in [1.54, 1.807) is 10.6 Å². The van der Waals surface area contributed by atoms with Gasteiger partial charge in [0.2, 0.25) is 0 Å². The first-order valence-electron chi connectivity index (χ1n) is 9.41. The molecule has 9 nitrogen and oxygen atoms in total. The monoisotopic (exact) mass is 433 g/mol. The molecule has 2 atom stereocenters. The maximum absolute atomic E-state index is 13.5. The molecule has 1 aliphatic heterocycles. The molecule has 0 unspecified atom stereocenters. The first-order chi connectivity index (χ1) is 14.4. The molecule has 1 aromatic carbocycles. The van der Waals surface area contributed by atoms with Crippen LogP contribution in [0, 0.1) is 5.82 Å². The minimum absolute atomic E-state index is 0.0160. The van der Waals surface area contributed by atoms with E-state index >= 15 is 0 Å². The number of aromatic nitrogens is 3. The van der Waals surface area contributed by atoms with Gasteiger partial charge in [-0.15, -0.1) is 0 Å². The quantitative estimate of drug-likeness (QED) is 0.487. The number of hydrogen-bond acceptors (Lipinski definition) is 6. The number of anilines is 2. The lowest BCUT2D eigenvalue weighted by molar-refractivity contribution is 0.149. The van der Waals surface area contributed by atoms with Crippen LogP contribution < -0.4 is 16.4 Å². The standard InChI is InChI=1S/C19H21ClFN7O2/c20-13-7-12(1-2-14(13)21)25-18-17-11(3-6-28(17)24-10-23-18)8-27-5-4-15(22)16(9-27)26-19(29)30/h1-3,6-7,10,15-16,26H,4-5,8-9,22H2,(H,29,30)(H,23,24,25)/t15-,16+/m1/s1. The lowest BCUT2D eigenvalue weighted by Crippen LogP contribution is -2.57. The average molecular weight is 434 g/mol. The van der Waals surface area contributed by atoms with Gasteiger partial charge in [0.25, 0.3) is 0 Å². The summed E-state index contributed by atoms with van der Waals surface area (Å²) in [6.07, 6.45) is 2.87.